The van der Waals surface area contributed by atoms with Crippen LogP contribution < -0.4 is 16.0 Å². The van der Waals surface area contributed by atoms with Crippen molar-refractivity contribution in [2.45, 2.75) is 13.1 Å². The molecule has 1 aliphatic heterocycles. The molecular formula is C21H21ClFN5O3. The van der Waals surface area contributed by atoms with E-state index < -0.39 is 17.6 Å². The first-order valence-corrected chi connectivity index (χ1v) is 10.1. The summed E-state index contributed by atoms with van der Waals surface area (Å²) in [6.45, 7) is 2.36. The highest BCUT2D eigenvalue weighted by Crippen LogP contribution is 2.27. The van der Waals surface area contributed by atoms with E-state index in [1.807, 2.05) is 0 Å². The second-order valence-electron chi connectivity index (χ2n) is 7.16. The number of nitrogens with one attached hydrogen (secondary N) is 1. The molecule has 0 spiro atoms. The van der Waals surface area contributed by atoms with E-state index in [9.17, 15) is 14.0 Å². The van der Waals surface area contributed by atoms with Crippen LogP contribution in [0.2, 0.25) is 5.02 Å². The Hall–Kier alpha value is -3.17. The second kappa shape index (κ2) is 8.91. The van der Waals surface area contributed by atoms with Crippen molar-refractivity contribution in [2.75, 3.05) is 31.2 Å². The van der Waals surface area contributed by atoms with Crippen LogP contribution in [0.4, 0.5) is 10.1 Å². The number of carbonyl (C=O) groups is 2. The lowest BCUT2D eigenvalue weighted by molar-refractivity contribution is -0.121. The molecule has 0 saturated carbocycles. The van der Waals surface area contributed by atoms with Crippen molar-refractivity contribution < 1.29 is 18.7 Å². The number of para-hydroxylation sites is 1. The first-order valence-electron chi connectivity index (χ1n) is 9.76. The average Bonchev–Trinajstić information content (AvgIpc) is 3.14. The lowest BCUT2D eigenvalue weighted by Crippen LogP contribution is -2.36. The van der Waals surface area contributed by atoms with E-state index in [1.165, 1.54) is 4.68 Å². The molecule has 3 aromatic rings. The van der Waals surface area contributed by atoms with E-state index in [4.69, 9.17) is 22.1 Å². The number of primary amides is 1. The van der Waals surface area contributed by atoms with Crippen LogP contribution in [0, 0.1) is 5.82 Å². The number of ether oxygens (including phenoxy) is 1. The third kappa shape index (κ3) is 4.47. The van der Waals surface area contributed by atoms with Crippen LogP contribution in [0.1, 0.15) is 16.1 Å². The Labute approximate surface area is 182 Å². The topological polar surface area (TPSA) is 102 Å². The van der Waals surface area contributed by atoms with Gasteiger partial charge >= 0.3 is 0 Å². The number of nitrogens with two attached hydrogens (primary N) is 1. The van der Waals surface area contributed by atoms with Gasteiger partial charge in [0.1, 0.15) is 12.4 Å². The normalized spacial score (nSPS) is 14.1. The molecule has 0 atom stereocenters. The SMILES string of the molecule is NC(=O)c1nn(CC(=O)NCc2cc(N3CCOCC3)cc(Cl)c2F)c2ccccc12. The summed E-state index contributed by atoms with van der Waals surface area (Å²) in [5.41, 5.74) is 7.15. The van der Waals surface area contributed by atoms with E-state index in [-0.39, 0.29) is 29.4 Å². The third-order valence-corrected chi connectivity index (χ3v) is 5.40. The van der Waals surface area contributed by atoms with Gasteiger partial charge in [-0.05, 0) is 18.2 Å². The maximum atomic E-state index is 14.5. The summed E-state index contributed by atoms with van der Waals surface area (Å²) in [5.74, 6) is -1.64. The van der Waals surface area contributed by atoms with E-state index in [0.717, 1.165) is 5.69 Å². The fourth-order valence-electron chi connectivity index (χ4n) is 3.58. The number of anilines is 1. The van der Waals surface area contributed by atoms with Crippen molar-refractivity contribution in [3.63, 3.8) is 0 Å². The number of hydrogen-bond acceptors (Lipinski definition) is 5. The molecular weight excluding hydrogens is 425 g/mol. The zero-order valence-corrected chi connectivity index (χ0v) is 17.4. The van der Waals surface area contributed by atoms with Gasteiger partial charge in [-0.2, -0.15) is 5.10 Å². The lowest BCUT2D eigenvalue weighted by atomic mass is 10.1. The van der Waals surface area contributed by atoms with Gasteiger partial charge in [0.15, 0.2) is 5.69 Å². The van der Waals surface area contributed by atoms with E-state index in [1.54, 1.807) is 36.4 Å². The van der Waals surface area contributed by atoms with Crippen LogP contribution in [-0.4, -0.2) is 47.9 Å². The maximum absolute atomic E-state index is 14.5. The number of halogens is 2. The minimum Gasteiger partial charge on any atom is -0.378 e. The first-order chi connectivity index (χ1) is 14.9. The predicted molar refractivity (Wildman–Crippen MR) is 115 cm³/mol. The number of rotatable bonds is 6. The highest BCUT2D eigenvalue weighted by Gasteiger charge is 2.18. The molecule has 1 fully saturated rings. The van der Waals surface area contributed by atoms with Gasteiger partial charge in [0.2, 0.25) is 5.91 Å². The molecule has 3 N–H and O–H groups in total. The van der Waals surface area contributed by atoms with Gasteiger partial charge in [-0.15, -0.1) is 0 Å². The highest BCUT2D eigenvalue weighted by atomic mass is 35.5. The predicted octanol–water partition coefficient (Wildman–Crippen LogP) is 2.08. The Bertz CT molecular complexity index is 1140. The molecule has 1 saturated heterocycles. The van der Waals surface area contributed by atoms with Gasteiger partial charge in [0.25, 0.3) is 5.91 Å². The van der Waals surface area contributed by atoms with Crippen molar-refractivity contribution in [1.29, 1.82) is 0 Å². The van der Waals surface area contributed by atoms with Gasteiger partial charge in [-0.1, -0.05) is 29.8 Å². The molecule has 0 radical (unpaired) electrons. The molecule has 162 valence electrons. The fraction of sp³-hybridized carbons (Fsp3) is 0.286. The molecule has 2 heterocycles. The van der Waals surface area contributed by atoms with Gasteiger partial charge in [-0.3, -0.25) is 14.3 Å². The van der Waals surface area contributed by atoms with E-state index in [0.29, 0.717) is 37.2 Å². The Morgan fingerprint density at radius 3 is 2.71 bits per heavy atom. The van der Waals surface area contributed by atoms with Crippen LogP contribution in [-0.2, 0) is 22.6 Å². The number of benzene rings is 2. The Morgan fingerprint density at radius 2 is 1.97 bits per heavy atom. The zero-order chi connectivity index (χ0) is 22.0. The largest absolute Gasteiger partial charge is 0.378 e. The quantitative estimate of drug-likeness (QED) is 0.604. The molecule has 31 heavy (non-hydrogen) atoms. The standard InChI is InChI=1S/C21H21ClFN5O3/c22-16-10-14(27-5-7-31-8-6-27)9-13(19(16)23)11-25-18(29)12-28-17-4-2-1-3-15(17)20(26-28)21(24)30/h1-4,9-10H,5-8,11-12H2,(H2,24,30)(H,25,29). The van der Waals surface area contributed by atoms with Gasteiger partial charge in [0, 0.05) is 36.3 Å². The molecule has 0 bridgehead atoms. The van der Waals surface area contributed by atoms with Crippen LogP contribution in [0.3, 0.4) is 0 Å². The molecule has 2 amide bonds. The Kier molecular flexibility index (Phi) is 6.06. The number of amides is 2. The summed E-state index contributed by atoms with van der Waals surface area (Å²) >= 11 is 6.08. The van der Waals surface area contributed by atoms with Crippen molar-refractivity contribution >= 4 is 40.0 Å². The highest BCUT2D eigenvalue weighted by molar-refractivity contribution is 6.31. The summed E-state index contributed by atoms with van der Waals surface area (Å²) in [7, 11) is 0. The van der Waals surface area contributed by atoms with Crippen LogP contribution in [0.15, 0.2) is 36.4 Å². The average molecular weight is 446 g/mol. The number of aromatic nitrogens is 2. The number of morpholine rings is 1. The summed E-state index contributed by atoms with van der Waals surface area (Å²) < 4.78 is 21.3. The van der Waals surface area contributed by atoms with Crippen molar-refractivity contribution in [2.24, 2.45) is 5.73 Å². The maximum Gasteiger partial charge on any atom is 0.269 e. The van der Waals surface area contributed by atoms with Crippen molar-refractivity contribution in [3.05, 3.63) is 58.5 Å². The van der Waals surface area contributed by atoms with Crippen molar-refractivity contribution in [1.82, 2.24) is 15.1 Å². The van der Waals surface area contributed by atoms with Crippen LogP contribution in [0.5, 0.6) is 0 Å². The molecule has 2 aromatic carbocycles. The summed E-state index contributed by atoms with van der Waals surface area (Å²) in [5, 5.41) is 7.42. The van der Waals surface area contributed by atoms with Gasteiger partial charge < -0.3 is 20.7 Å². The summed E-state index contributed by atoms with van der Waals surface area (Å²) in [6, 6.07) is 10.3. The zero-order valence-electron chi connectivity index (χ0n) is 16.6. The molecule has 4 rings (SSSR count). The Balaban J connectivity index is 1.49. The molecule has 8 nitrogen and oxygen atoms in total. The molecule has 0 unspecified atom stereocenters. The van der Waals surface area contributed by atoms with Crippen LogP contribution >= 0.6 is 11.6 Å². The monoisotopic (exact) mass is 445 g/mol. The van der Waals surface area contributed by atoms with Crippen LogP contribution in [0.25, 0.3) is 10.9 Å². The minimum absolute atomic E-state index is 0.00240. The molecule has 1 aromatic heterocycles. The van der Waals surface area contributed by atoms with E-state index in [2.05, 4.69) is 15.3 Å². The van der Waals surface area contributed by atoms with Gasteiger partial charge in [0.05, 0.1) is 23.8 Å². The minimum atomic E-state index is -0.674. The van der Waals surface area contributed by atoms with Gasteiger partial charge in [-0.25, -0.2) is 4.39 Å². The summed E-state index contributed by atoms with van der Waals surface area (Å²) in [4.78, 5) is 26.2. The lowest BCUT2D eigenvalue weighted by Gasteiger charge is -2.29. The fourth-order valence-corrected chi connectivity index (χ4v) is 3.81. The second-order valence-corrected chi connectivity index (χ2v) is 7.57. The number of carbonyl (C=O) groups excluding carboxylic acids is 2. The smallest absolute Gasteiger partial charge is 0.269 e. The number of nitrogens with zero attached hydrogens (tertiary/aromatic N) is 3. The number of hydrogen-bond donors (Lipinski definition) is 2. The Morgan fingerprint density at radius 1 is 1.23 bits per heavy atom. The molecule has 0 aliphatic carbocycles. The molecule has 1 aliphatic rings. The molecule has 10 heteroatoms. The van der Waals surface area contributed by atoms with Crippen molar-refractivity contribution in [3.8, 4) is 0 Å². The summed E-state index contributed by atoms with van der Waals surface area (Å²) in [6.07, 6.45) is 0. The van der Waals surface area contributed by atoms with E-state index >= 15 is 0 Å². The first kappa shape index (κ1) is 21.1. The third-order valence-electron chi connectivity index (χ3n) is 5.13. The number of fused-ring (bicyclic) bond motifs is 1.